The van der Waals surface area contributed by atoms with E-state index in [0.717, 1.165) is 18.4 Å². The van der Waals surface area contributed by atoms with E-state index in [1.54, 1.807) is 0 Å². The zero-order chi connectivity index (χ0) is 12.7. The van der Waals surface area contributed by atoms with Crippen LogP contribution in [0.2, 0.25) is 0 Å². The molecule has 3 unspecified atom stereocenters. The summed E-state index contributed by atoms with van der Waals surface area (Å²) in [5.41, 5.74) is 0. The SMILES string of the molecule is CCC(C)C(CN(C)C(C)CC(C)C)NC. The predicted molar refractivity (Wildman–Crippen MR) is 73.8 cm³/mol. The highest BCUT2D eigenvalue weighted by atomic mass is 15.1. The van der Waals surface area contributed by atoms with Gasteiger partial charge in [0.05, 0.1) is 0 Å². The highest BCUT2D eigenvalue weighted by Gasteiger charge is 2.18. The van der Waals surface area contributed by atoms with Gasteiger partial charge in [-0.15, -0.1) is 0 Å². The normalized spacial score (nSPS) is 17.8. The molecule has 0 aliphatic rings. The minimum atomic E-state index is 0.615. The van der Waals surface area contributed by atoms with Crippen molar-refractivity contribution in [2.75, 3.05) is 20.6 Å². The molecular weight excluding hydrogens is 196 g/mol. The molecule has 0 saturated heterocycles. The summed E-state index contributed by atoms with van der Waals surface area (Å²) in [6.45, 7) is 12.7. The molecule has 2 nitrogen and oxygen atoms in total. The molecule has 0 aromatic carbocycles. The van der Waals surface area contributed by atoms with Gasteiger partial charge in [-0.25, -0.2) is 0 Å². The second-order valence-electron chi connectivity index (χ2n) is 5.70. The smallest absolute Gasteiger partial charge is 0.0217 e. The minimum Gasteiger partial charge on any atom is -0.315 e. The summed E-state index contributed by atoms with van der Waals surface area (Å²) in [6.07, 6.45) is 2.53. The molecule has 98 valence electrons. The maximum atomic E-state index is 3.45. The fourth-order valence-corrected chi connectivity index (χ4v) is 2.19. The van der Waals surface area contributed by atoms with Gasteiger partial charge in [-0.2, -0.15) is 0 Å². The molecule has 16 heavy (non-hydrogen) atoms. The summed E-state index contributed by atoms with van der Waals surface area (Å²) in [5, 5.41) is 3.45. The third kappa shape index (κ3) is 5.86. The van der Waals surface area contributed by atoms with Crippen molar-refractivity contribution in [1.29, 1.82) is 0 Å². The van der Waals surface area contributed by atoms with E-state index in [1.165, 1.54) is 12.8 Å². The van der Waals surface area contributed by atoms with Crippen LogP contribution < -0.4 is 5.32 Å². The van der Waals surface area contributed by atoms with E-state index in [0.29, 0.717) is 12.1 Å². The van der Waals surface area contributed by atoms with Crippen molar-refractivity contribution in [2.24, 2.45) is 11.8 Å². The summed E-state index contributed by atoms with van der Waals surface area (Å²) in [6, 6.07) is 1.30. The summed E-state index contributed by atoms with van der Waals surface area (Å²) in [5.74, 6) is 1.53. The van der Waals surface area contributed by atoms with Gasteiger partial charge in [0.1, 0.15) is 0 Å². The van der Waals surface area contributed by atoms with Gasteiger partial charge in [-0.3, -0.25) is 0 Å². The lowest BCUT2D eigenvalue weighted by molar-refractivity contribution is 0.187. The molecule has 0 bridgehead atoms. The van der Waals surface area contributed by atoms with Gasteiger partial charge in [0.2, 0.25) is 0 Å². The molecule has 0 spiro atoms. The molecule has 0 radical (unpaired) electrons. The molecule has 0 amide bonds. The van der Waals surface area contributed by atoms with E-state index in [9.17, 15) is 0 Å². The van der Waals surface area contributed by atoms with Crippen LogP contribution in [0.1, 0.15) is 47.5 Å². The van der Waals surface area contributed by atoms with Gasteiger partial charge in [-0.05, 0) is 39.3 Å². The number of hydrogen-bond acceptors (Lipinski definition) is 2. The van der Waals surface area contributed by atoms with Crippen LogP contribution in [0.25, 0.3) is 0 Å². The van der Waals surface area contributed by atoms with Crippen molar-refractivity contribution in [1.82, 2.24) is 10.2 Å². The molecule has 1 N–H and O–H groups in total. The molecule has 3 atom stereocenters. The second kappa shape index (κ2) is 8.08. The Morgan fingerprint density at radius 1 is 1.12 bits per heavy atom. The first-order valence-corrected chi connectivity index (χ1v) is 6.79. The number of rotatable bonds is 8. The lowest BCUT2D eigenvalue weighted by atomic mass is 9.97. The third-order valence-corrected chi connectivity index (χ3v) is 3.75. The van der Waals surface area contributed by atoms with E-state index in [2.05, 4.69) is 58.9 Å². The average Bonchev–Trinajstić information content (AvgIpc) is 2.23. The quantitative estimate of drug-likeness (QED) is 0.687. The van der Waals surface area contributed by atoms with E-state index in [-0.39, 0.29) is 0 Å². The highest BCUT2D eigenvalue weighted by Crippen LogP contribution is 2.13. The molecule has 0 aliphatic carbocycles. The van der Waals surface area contributed by atoms with Crippen molar-refractivity contribution in [3.8, 4) is 0 Å². The Morgan fingerprint density at radius 2 is 1.69 bits per heavy atom. The number of likely N-dealkylation sites (N-methyl/N-ethyl adjacent to an activating group) is 2. The summed E-state index contributed by atoms with van der Waals surface area (Å²) in [7, 11) is 4.33. The molecule has 0 heterocycles. The summed E-state index contributed by atoms with van der Waals surface area (Å²) >= 11 is 0. The molecule has 0 aromatic rings. The Balaban J connectivity index is 4.13. The zero-order valence-electron chi connectivity index (χ0n) is 12.4. The molecule has 0 rings (SSSR count). The van der Waals surface area contributed by atoms with Crippen LogP contribution in [0.5, 0.6) is 0 Å². The van der Waals surface area contributed by atoms with E-state index >= 15 is 0 Å². The van der Waals surface area contributed by atoms with Crippen LogP contribution in [-0.2, 0) is 0 Å². The topological polar surface area (TPSA) is 15.3 Å². The van der Waals surface area contributed by atoms with Crippen molar-refractivity contribution < 1.29 is 0 Å². The zero-order valence-corrected chi connectivity index (χ0v) is 12.4. The van der Waals surface area contributed by atoms with Gasteiger partial charge < -0.3 is 10.2 Å². The van der Waals surface area contributed by atoms with Crippen LogP contribution in [0.4, 0.5) is 0 Å². The van der Waals surface area contributed by atoms with E-state index < -0.39 is 0 Å². The van der Waals surface area contributed by atoms with Gasteiger partial charge in [0.15, 0.2) is 0 Å². The van der Waals surface area contributed by atoms with Gasteiger partial charge in [0.25, 0.3) is 0 Å². The maximum Gasteiger partial charge on any atom is 0.0217 e. The monoisotopic (exact) mass is 228 g/mol. The van der Waals surface area contributed by atoms with Gasteiger partial charge in [-0.1, -0.05) is 34.1 Å². The van der Waals surface area contributed by atoms with Crippen molar-refractivity contribution in [3.63, 3.8) is 0 Å². The Bertz CT molecular complexity index is 168. The van der Waals surface area contributed by atoms with Crippen LogP contribution in [0.15, 0.2) is 0 Å². The maximum absolute atomic E-state index is 3.45. The standard InChI is InChI=1S/C14H32N2/c1-8-12(4)14(15-6)10-16(7)13(5)9-11(2)3/h11-15H,8-10H2,1-7H3. The number of hydrogen-bond donors (Lipinski definition) is 1. The second-order valence-corrected chi connectivity index (χ2v) is 5.70. The number of nitrogens with zero attached hydrogens (tertiary/aromatic N) is 1. The molecule has 0 aliphatic heterocycles. The first-order chi connectivity index (χ1) is 7.42. The fraction of sp³-hybridized carbons (Fsp3) is 1.00. The molecule has 0 aromatic heterocycles. The minimum absolute atomic E-state index is 0.615. The summed E-state index contributed by atoms with van der Waals surface area (Å²) < 4.78 is 0. The molecule has 0 saturated carbocycles. The van der Waals surface area contributed by atoms with Crippen LogP contribution in [0.3, 0.4) is 0 Å². The first kappa shape index (κ1) is 15.9. The summed E-state index contributed by atoms with van der Waals surface area (Å²) in [4.78, 5) is 2.49. The van der Waals surface area contributed by atoms with Crippen molar-refractivity contribution in [3.05, 3.63) is 0 Å². The van der Waals surface area contributed by atoms with Crippen LogP contribution in [0, 0.1) is 11.8 Å². The predicted octanol–water partition coefficient (Wildman–Crippen LogP) is 2.99. The number of nitrogens with one attached hydrogen (secondary N) is 1. The lowest BCUT2D eigenvalue weighted by Crippen LogP contribution is -2.45. The largest absolute Gasteiger partial charge is 0.315 e. The first-order valence-electron chi connectivity index (χ1n) is 6.79. The molecule has 2 heteroatoms. The van der Waals surface area contributed by atoms with Crippen LogP contribution in [-0.4, -0.2) is 37.6 Å². The molecule has 0 fully saturated rings. The Morgan fingerprint density at radius 3 is 2.06 bits per heavy atom. The van der Waals surface area contributed by atoms with E-state index in [1.807, 2.05) is 0 Å². The van der Waals surface area contributed by atoms with Gasteiger partial charge >= 0.3 is 0 Å². The van der Waals surface area contributed by atoms with Gasteiger partial charge in [0, 0.05) is 18.6 Å². The fourth-order valence-electron chi connectivity index (χ4n) is 2.19. The highest BCUT2D eigenvalue weighted by molar-refractivity contribution is 4.76. The Hall–Kier alpha value is -0.0800. The Labute approximate surface area is 103 Å². The van der Waals surface area contributed by atoms with E-state index in [4.69, 9.17) is 0 Å². The Kier molecular flexibility index (Phi) is 8.04. The van der Waals surface area contributed by atoms with Crippen molar-refractivity contribution in [2.45, 2.75) is 59.5 Å². The third-order valence-electron chi connectivity index (χ3n) is 3.75. The lowest BCUT2D eigenvalue weighted by Gasteiger charge is -2.32. The molecular formula is C14H32N2. The van der Waals surface area contributed by atoms with Crippen LogP contribution >= 0.6 is 0 Å². The van der Waals surface area contributed by atoms with Crippen molar-refractivity contribution >= 4 is 0 Å². The average molecular weight is 228 g/mol.